The topological polar surface area (TPSA) is 40.6 Å². The molecule has 0 aromatic heterocycles. The number of piperazine rings is 1. The molecule has 1 unspecified atom stereocenters. The molecule has 7 heteroatoms. The second-order valence-corrected chi connectivity index (χ2v) is 5.74. The molecule has 2 aromatic carbocycles. The van der Waals surface area contributed by atoms with Gasteiger partial charge in [-0.2, -0.15) is 0 Å². The first kappa shape index (κ1) is 17.0. The lowest BCUT2D eigenvalue weighted by atomic mass is 10.1. The third kappa shape index (κ3) is 3.09. The summed E-state index contributed by atoms with van der Waals surface area (Å²) in [5.41, 5.74) is -0.167. The zero-order chi connectivity index (χ0) is 18.1. The molecular formula is C18H15F3N2O2. The molecule has 0 saturated carbocycles. The van der Waals surface area contributed by atoms with Crippen LogP contribution in [0.25, 0.3) is 0 Å². The summed E-state index contributed by atoms with van der Waals surface area (Å²) in [6, 6.07) is 7.57. The Morgan fingerprint density at radius 1 is 1.04 bits per heavy atom. The van der Waals surface area contributed by atoms with Gasteiger partial charge in [0.05, 0.1) is 11.3 Å². The Morgan fingerprint density at radius 2 is 1.76 bits per heavy atom. The number of anilines is 1. The number of carbonyl (C=O) groups excluding carboxylic acids is 2. The minimum absolute atomic E-state index is 0.0336. The molecule has 1 aliphatic rings. The van der Waals surface area contributed by atoms with Crippen LogP contribution in [0.3, 0.4) is 0 Å². The van der Waals surface area contributed by atoms with Gasteiger partial charge in [0, 0.05) is 19.2 Å². The Kier molecular flexibility index (Phi) is 4.48. The molecule has 0 aliphatic carbocycles. The van der Waals surface area contributed by atoms with Crippen molar-refractivity contribution < 1.29 is 22.8 Å². The molecule has 0 radical (unpaired) electrons. The van der Waals surface area contributed by atoms with Crippen LogP contribution in [-0.4, -0.2) is 35.8 Å². The quantitative estimate of drug-likeness (QED) is 0.837. The second kappa shape index (κ2) is 6.58. The summed E-state index contributed by atoms with van der Waals surface area (Å²) in [5, 5.41) is 0. The lowest BCUT2D eigenvalue weighted by molar-refractivity contribution is -0.124. The van der Waals surface area contributed by atoms with E-state index in [1.807, 2.05) is 0 Å². The highest BCUT2D eigenvalue weighted by atomic mass is 19.1. The van der Waals surface area contributed by atoms with Crippen LogP contribution >= 0.6 is 0 Å². The van der Waals surface area contributed by atoms with Crippen LogP contribution in [0.15, 0.2) is 42.5 Å². The number of hydrogen-bond donors (Lipinski definition) is 0. The van der Waals surface area contributed by atoms with Crippen molar-refractivity contribution >= 4 is 17.5 Å². The average molecular weight is 348 g/mol. The predicted molar refractivity (Wildman–Crippen MR) is 85.6 cm³/mol. The van der Waals surface area contributed by atoms with Gasteiger partial charge >= 0.3 is 0 Å². The summed E-state index contributed by atoms with van der Waals surface area (Å²) in [6.07, 6.45) is 0. The molecule has 1 aliphatic heterocycles. The first-order chi connectivity index (χ1) is 11.9. The van der Waals surface area contributed by atoms with Crippen LogP contribution in [-0.2, 0) is 4.79 Å². The van der Waals surface area contributed by atoms with Crippen LogP contribution in [0.2, 0.25) is 0 Å². The zero-order valence-corrected chi connectivity index (χ0v) is 13.4. The average Bonchev–Trinajstić information content (AvgIpc) is 2.58. The maximum absolute atomic E-state index is 13.9. The van der Waals surface area contributed by atoms with E-state index in [2.05, 4.69) is 0 Å². The third-order valence-corrected chi connectivity index (χ3v) is 4.22. The Labute approximate surface area is 142 Å². The first-order valence-electron chi connectivity index (χ1n) is 7.72. The molecule has 25 heavy (non-hydrogen) atoms. The number of nitrogens with zero attached hydrogens (tertiary/aromatic N) is 2. The molecule has 2 amide bonds. The Hall–Kier alpha value is -2.83. The summed E-state index contributed by atoms with van der Waals surface area (Å²) in [5.74, 6) is -3.37. The van der Waals surface area contributed by atoms with Gasteiger partial charge in [-0.05, 0) is 31.2 Å². The molecule has 3 rings (SSSR count). The van der Waals surface area contributed by atoms with E-state index in [1.165, 1.54) is 47.1 Å². The van der Waals surface area contributed by atoms with E-state index in [9.17, 15) is 22.8 Å². The van der Waals surface area contributed by atoms with Crippen molar-refractivity contribution in [1.82, 2.24) is 4.90 Å². The Bertz CT molecular complexity index is 841. The van der Waals surface area contributed by atoms with Crippen LogP contribution < -0.4 is 4.90 Å². The molecule has 130 valence electrons. The van der Waals surface area contributed by atoms with Crippen molar-refractivity contribution in [3.8, 4) is 0 Å². The number of amides is 2. The summed E-state index contributed by atoms with van der Waals surface area (Å²) in [6.45, 7) is 1.64. The summed E-state index contributed by atoms with van der Waals surface area (Å²) in [4.78, 5) is 27.5. The van der Waals surface area contributed by atoms with E-state index < -0.39 is 35.3 Å². The fraction of sp³-hybridized carbons (Fsp3) is 0.222. The van der Waals surface area contributed by atoms with Crippen molar-refractivity contribution in [3.05, 3.63) is 65.5 Å². The monoisotopic (exact) mass is 348 g/mol. The van der Waals surface area contributed by atoms with Crippen molar-refractivity contribution in [2.45, 2.75) is 13.0 Å². The van der Waals surface area contributed by atoms with E-state index in [0.29, 0.717) is 6.07 Å². The van der Waals surface area contributed by atoms with Crippen molar-refractivity contribution in [2.75, 3.05) is 18.0 Å². The Balaban J connectivity index is 1.84. The first-order valence-corrected chi connectivity index (χ1v) is 7.72. The molecule has 1 fully saturated rings. The Morgan fingerprint density at radius 3 is 2.44 bits per heavy atom. The highest BCUT2D eigenvalue weighted by Gasteiger charge is 2.36. The fourth-order valence-corrected chi connectivity index (χ4v) is 2.88. The zero-order valence-electron chi connectivity index (χ0n) is 13.4. The molecule has 1 atom stereocenters. The minimum Gasteiger partial charge on any atom is -0.325 e. The van der Waals surface area contributed by atoms with Gasteiger partial charge in [0.2, 0.25) is 5.91 Å². The molecule has 0 N–H and O–H groups in total. The maximum Gasteiger partial charge on any atom is 0.257 e. The summed E-state index contributed by atoms with van der Waals surface area (Å²) in [7, 11) is 0. The van der Waals surface area contributed by atoms with Crippen molar-refractivity contribution in [3.63, 3.8) is 0 Å². The lowest BCUT2D eigenvalue weighted by Gasteiger charge is -2.39. The predicted octanol–water partition coefficient (Wildman–Crippen LogP) is 2.98. The van der Waals surface area contributed by atoms with Crippen molar-refractivity contribution in [1.29, 1.82) is 0 Å². The molecule has 0 bridgehead atoms. The van der Waals surface area contributed by atoms with E-state index in [1.54, 1.807) is 0 Å². The number of carbonyl (C=O) groups is 2. The SMILES string of the molecule is CC1C(=O)N(c2ccc(F)cc2F)CCN1C(=O)c1ccccc1F. The summed E-state index contributed by atoms with van der Waals surface area (Å²) >= 11 is 0. The number of benzene rings is 2. The molecule has 2 aromatic rings. The maximum atomic E-state index is 13.9. The molecular weight excluding hydrogens is 333 g/mol. The van der Waals surface area contributed by atoms with Crippen LogP contribution in [0.1, 0.15) is 17.3 Å². The smallest absolute Gasteiger partial charge is 0.257 e. The fourth-order valence-electron chi connectivity index (χ4n) is 2.88. The number of hydrogen-bond acceptors (Lipinski definition) is 2. The van der Waals surface area contributed by atoms with Gasteiger partial charge in [0.25, 0.3) is 5.91 Å². The van der Waals surface area contributed by atoms with Gasteiger partial charge in [0.1, 0.15) is 23.5 Å². The second-order valence-electron chi connectivity index (χ2n) is 5.74. The van der Waals surface area contributed by atoms with Gasteiger partial charge in [-0.1, -0.05) is 12.1 Å². The van der Waals surface area contributed by atoms with Gasteiger partial charge in [-0.3, -0.25) is 9.59 Å². The van der Waals surface area contributed by atoms with Crippen LogP contribution in [0, 0.1) is 17.5 Å². The van der Waals surface area contributed by atoms with Gasteiger partial charge in [-0.25, -0.2) is 13.2 Å². The number of rotatable bonds is 2. The lowest BCUT2D eigenvalue weighted by Crippen LogP contribution is -2.58. The van der Waals surface area contributed by atoms with Gasteiger partial charge < -0.3 is 9.80 Å². The molecule has 0 spiro atoms. The van der Waals surface area contributed by atoms with Gasteiger partial charge in [-0.15, -0.1) is 0 Å². The summed E-state index contributed by atoms with van der Waals surface area (Å²) < 4.78 is 40.8. The highest BCUT2D eigenvalue weighted by Crippen LogP contribution is 2.25. The normalized spacial score (nSPS) is 17.8. The van der Waals surface area contributed by atoms with Crippen LogP contribution in [0.5, 0.6) is 0 Å². The largest absolute Gasteiger partial charge is 0.325 e. The molecule has 1 saturated heterocycles. The molecule has 1 heterocycles. The highest BCUT2D eigenvalue weighted by molar-refractivity contribution is 6.03. The molecule has 4 nitrogen and oxygen atoms in total. The van der Waals surface area contributed by atoms with Gasteiger partial charge in [0.15, 0.2) is 0 Å². The van der Waals surface area contributed by atoms with Crippen molar-refractivity contribution in [2.24, 2.45) is 0 Å². The van der Waals surface area contributed by atoms with E-state index in [0.717, 1.165) is 6.07 Å². The van der Waals surface area contributed by atoms with E-state index in [4.69, 9.17) is 0 Å². The number of halogens is 3. The minimum atomic E-state index is -0.898. The van der Waals surface area contributed by atoms with Crippen LogP contribution in [0.4, 0.5) is 18.9 Å². The van der Waals surface area contributed by atoms with E-state index in [-0.39, 0.29) is 24.3 Å². The third-order valence-electron chi connectivity index (χ3n) is 4.22. The standard InChI is InChI=1S/C18H15F3N2O2/c1-11-17(24)23(16-7-6-12(19)10-15(16)21)9-8-22(11)18(25)13-4-2-3-5-14(13)20/h2-7,10-11H,8-9H2,1H3. The van der Waals surface area contributed by atoms with E-state index >= 15 is 0 Å².